The van der Waals surface area contributed by atoms with Gasteiger partial charge in [-0.25, -0.2) is 9.18 Å². The Morgan fingerprint density at radius 2 is 1.83 bits per heavy atom. The first-order valence-corrected chi connectivity index (χ1v) is 16.6. The molecule has 1 N–H and O–H groups in total. The average Bonchev–Trinajstić information content (AvgIpc) is 3.54. The first-order chi connectivity index (χ1) is 22.0. The van der Waals surface area contributed by atoms with Crippen molar-refractivity contribution in [3.63, 3.8) is 0 Å². The largest absolute Gasteiger partial charge is 0.493 e. The standard InChI is InChI=1S/C36H40BrFN4O3.ClH.H2/c1-4-44-36(43)35-28(17-11-23-45-32-18-9-13-25-12-5-6-14-26(25)32)27-15-10-16-29(34(27)42(35)22-8-7-21-39-2)33-30(19-20-38)40-41(3)31(33)24-37;;/h5-6,9-10,12-16,18-20,39H,4,7-8,11,17,21-24H2,1-3H3;2*1H/b20-19+;;. The number of halogens is 3. The van der Waals surface area contributed by atoms with E-state index in [0.717, 1.165) is 69.2 Å². The van der Waals surface area contributed by atoms with Crippen molar-refractivity contribution in [3.05, 3.63) is 89.6 Å². The van der Waals surface area contributed by atoms with E-state index in [9.17, 15) is 9.18 Å². The molecule has 0 radical (unpaired) electrons. The van der Waals surface area contributed by atoms with Crippen LogP contribution >= 0.6 is 28.3 Å². The number of nitrogens with one attached hydrogen (secondary N) is 1. The molecule has 0 saturated carbocycles. The lowest BCUT2D eigenvalue weighted by Gasteiger charge is -2.14. The number of alkyl halides is 1. The van der Waals surface area contributed by atoms with Crippen molar-refractivity contribution in [2.45, 2.75) is 44.5 Å². The number of hydrogen-bond donors (Lipinski definition) is 1. The van der Waals surface area contributed by atoms with Gasteiger partial charge in [0.25, 0.3) is 0 Å². The molecule has 0 bridgehead atoms. The van der Waals surface area contributed by atoms with Crippen LogP contribution in [0.2, 0.25) is 0 Å². The van der Waals surface area contributed by atoms with E-state index in [1.54, 1.807) is 4.68 Å². The summed E-state index contributed by atoms with van der Waals surface area (Å²) in [4.78, 5) is 13.7. The third-order valence-corrected chi connectivity index (χ3v) is 8.63. The van der Waals surface area contributed by atoms with Crippen molar-refractivity contribution >= 4 is 62.1 Å². The molecule has 0 atom stereocenters. The van der Waals surface area contributed by atoms with E-state index in [0.29, 0.717) is 49.0 Å². The Balaban J connectivity index is 0.00000300. The van der Waals surface area contributed by atoms with Crippen molar-refractivity contribution in [1.29, 1.82) is 0 Å². The van der Waals surface area contributed by atoms with Crippen molar-refractivity contribution in [2.75, 3.05) is 26.8 Å². The highest BCUT2D eigenvalue weighted by Crippen LogP contribution is 2.39. The third-order valence-electron chi connectivity index (χ3n) is 8.10. The summed E-state index contributed by atoms with van der Waals surface area (Å²) < 4.78 is 29.4. The van der Waals surface area contributed by atoms with Gasteiger partial charge in [0.05, 0.1) is 36.4 Å². The number of esters is 1. The highest BCUT2D eigenvalue weighted by molar-refractivity contribution is 9.08. The summed E-state index contributed by atoms with van der Waals surface area (Å²) in [5.41, 5.74) is 5.63. The van der Waals surface area contributed by atoms with Gasteiger partial charge in [0.15, 0.2) is 0 Å². The number of benzene rings is 3. The van der Waals surface area contributed by atoms with Crippen LogP contribution in [0.4, 0.5) is 4.39 Å². The molecule has 10 heteroatoms. The molecule has 5 rings (SSSR count). The Labute approximate surface area is 285 Å². The summed E-state index contributed by atoms with van der Waals surface area (Å²) in [6, 6.07) is 20.4. The van der Waals surface area contributed by atoms with Gasteiger partial charge in [-0.3, -0.25) is 4.68 Å². The molecule has 0 unspecified atom stereocenters. The first-order valence-electron chi connectivity index (χ1n) is 15.5. The number of aromatic nitrogens is 3. The molecule has 0 aliphatic carbocycles. The third kappa shape index (κ3) is 7.32. The minimum atomic E-state index is -0.339. The Morgan fingerprint density at radius 1 is 1.07 bits per heavy atom. The zero-order valence-corrected chi connectivity index (χ0v) is 28.9. The molecule has 0 fully saturated rings. The number of ether oxygens (including phenoxy) is 2. The zero-order chi connectivity index (χ0) is 31.8. The normalized spacial score (nSPS) is 11.4. The fourth-order valence-electron chi connectivity index (χ4n) is 6.12. The molecule has 2 heterocycles. The Kier molecular flexibility index (Phi) is 12.8. The second-order valence-electron chi connectivity index (χ2n) is 10.9. The lowest BCUT2D eigenvalue weighted by atomic mass is 9.98. The van der Waals surface area contributed by atoms with Crippen LogP contribution in [0.1, 0.15) is 55.1 Å². The van der Waals surface area contributed by atoms with E-state index in [1.165, 1.54) is 6.08 Å². The van der Waals surface area contributed by atoms with Crippen LogP contribution in [-0.4, -0.2) is 47.1 Å². The van der Waals surface area contributed by atoms with Gasteiger partial charge in [0.1, 0.15) is 11.4 Å². The molecule has 2 aromatic heterocycles. The Morgan fingerprint density at radius 3 is 2.59 bits per heavy atom. The van der Waals surface area contributed by atoms with E-state index in [-0.39, 0.29) is 26.4 Å². The molecule has 7 nitrogen and oxygen atoms in total. The van der Waals surface area contributed by atoms with Crippen LogP contribution in [0.25, 0.3) is 38.9 Å². The maximum absolute atomic E-state index is 13.7. The molecular weight excluding hydrogens is 671 g/mol. The number of fused-ring (bicyclic) bond motifs is 2. The van der Waals surface area contributed by atoms with Gasteiger partial charge in [0.2, 0.25) is 0 Å². The molecule has 246 valence electrons. The van der Waals surface area contributed by atoms with Crippen LogP contribution < -0.4 is 10.1 Å². The predicted octanol–water partition coefficient (Wildman–Crippen LogP) is 8.89. The van der Waals surface area contributed by atoms with E-state index in [4.69, 9.17) is 9.47 Å². The van der Waals surface area contributed by atoms with Gasteiger partial charge >= 0.3 is 5.97 Å². The quantitative estimate of drug-likeness (QED) is 0.0667. The van der Waals surface area contributed by atoms with Gasteiger partial charge in [-0.1, -0.05) is 70.5 Å². The van der Waals surface area contributed by atoms with E-state index in [2.05, 4.69) is 55.2 Å². The molecule has 0 saturated heterocycles. The van der Waals surface area contributed by atoms with Crippen LogP contribution in [0, 0.1) is 0 Å². The number of unbranched alkanes of at least 4 members (excludes halogenated alkanes) is 1. The van der Waals surface area contributed by atoms with Crippen molar-refractivity contribution in [1.82, 2.24) is 19.7 Å². The summed E-state index contributed by atoms with van der Waals surface area (Å²) in [6.45, 7) is 4.11. The van der Waals surface area contributed by atoms with Crippen LogP contribution in [0.3, 0.4) is 0 Å². The summed E-state index contributed by atoms with van der Waals surface area (Å²) >= 11 is 3.62. The van der Waals surface area contributed by atoms with Gasteiger partial charge in [-0.05, 0) is 69.3 Å². The minimum absolute atomic E-state index is 0. The van der Waals surface area contributed by atoms with Gasteiger partial charge < -0.3 is 19.4 Å². The number of carbonyl (C=O) groups excluding carboxylic acids is 1. The zero-order valence-electron chi connectivity index (χ0n) is 26.5. The maximum atomic E-state index is 13.7. The predicted molar refractivity (Wildman–Crippen MR) is 193 cm³/mol. The molecule has 5 aromatic rings. The number of nitrogens with zero attached hydrogens (tertiary/aromatic N) is 3. The molecule has 0 aliphatic heterocycles. The number of rotatable bonds is 15. The number of para-hydroxylation sites is 1. The SMILES string of the molecule is CCOC(=O)c1c(CCCOc2cccc3ccccc23)c2cccc(-c3c(/C=C/F)nn(C)c3CBr)c2n1CCCCNC.Cl.[HH]. The molecule has 0 spiro atoms. The van der Waals surface area contributed by atoms with Crippen LogP contribution in [0.15, 0.2) is 67.0 Å². The van der Waals surface area contributed by atoms with Gasteiger partial charge in [-0.2, -0.15) is 5.10 Å². The monoisotopic (exact) mass is 712 g/mol. The second-order valence-corrected chi connectivity index (χ2v) is 11.5. The number of carbonyl (C=O) groups is 1. The average molecular weight is 714 g/mol. The van der Waals surface area contributed by atoms with Crippen molar-refractivity contribution in [3.8, 4) is 16.9 Å². The number of aryl methyl sites for hydroxylation is 3. The minimum Gasteiger partial charge on any atom is -0.493 e. The van der Waals surface area contributed by atoms with E-state index >= 15 is 0 Å². The molecular formula is C36H43BrClFN4O3. The van der Waals surface area contributed by atoms with Gasteiger partial charge in [-0.15, -0.1) is 12.4 Å². The fraction of sp³-hybridized carbons (Fsp3) is 0.333. The highest BCUT2D eigenvalue weighted by Gasteiger charge is 2.27. The molecule has 0 amide bonds. The first kappa shape index (κ1) is 35.2. The number of hydrogen-bond acceptors (Lipinski definition) is 5. The highest BCUT2D eigenvalue weighted by atomic mass is 79.9. The topological polar surface area (TPSA) is 70.3 Å². The Bertz CT molecular complexity index is 1820. The molecule has 3 aromatic carbocycles. The summed E-state index contributed by atoms with van der Waals surface area (Å²) in [5, 5.41) is 11.6. The summed E-state index contributed by atoms with van der Waals surface area (Å²) in [5.74, 6) is 0.509. The summed E-state index contributed by atoms with van der Waals surface area (Å²) in [6.07, 6.45) is 5.05. The summed E-state index contributed by atoms with van der Waals surface area (Å²) in [7, 11) is 3.80. The molecule has 46 heavy (non-hydrogen) atoms. The van der Waals surface area contributed by atoms with E-state index in [1.807, 2.05) is 57.4 Å². The second kappa shape index (κ2) is 16.8. The lowest BCUT2D eigenvalue weighted by molar-refractivity contribution is 0.0512. The van der Waals surface area contributed by atoms with Gasteiger partial charge in [0, 0.05) is 42.2 Å². The fourth-order valence-corrected chi connectivity index (χ4v) is 6.76. The van der Waals surface area contributed by atoms with Crippen LogP contribution in [0.5, 0.6) is 5.75 Å². The molecule has 0 aliphatic rings. The lowest BCUT2D eigenvalue weighted by Crippen LogP contribution is -2.16. The maximum Gasteiger partial charge on any atom is 0.355 e. The van der Waals surface area contributed by atoms with Crippen molar-refractivity contribution < 1.29 is 20.1 Å². The van der Waals surface area contributed by atoms with E-state index < -0.39 is 0 Å². The van der Waals surface area contributed by atoms with Crippen molar-refractivity contribution in [2.24, 2.45) is 7.05 Å². The van der Waals surface area contributed by atoms with Crippen LogP contribution in [-0.2, 0) is 30.1 Å². The smallest absolute Gasteiger partial charge is 0.355 e. The Hall–Kier alpha value is -3.66.